The molecule has 0 bridgehead atoms. The topological polar surface area (TPSA) is 79.8 Å². The minimum Gasteiger partial charge on any atom is -0.336 e. The first kappa shape index (κ1) is 18.5. The molecule has 0 aliphatic carbocycles. The van der Waals surface area contributed by atoms with E-state index in [1.165, 1.54) is 18.3 Å². The molecule has 2 aromatic carbocycles. The van der Waals surface area contributed by atoms with Crippen molar-refractivity contribution >= 4 is 23.2 Å². The molecule has 0 N–H and O–H groups in total. The van der Waals surface area contributed by atoms with Gasteiger partial charge in [-0.25, -0.2) is 0 Å². The van der Waals surface area contributed by atoms with Gasteiger partial charge in [0.1, 0.15) is 6.07 Å². The standard InChI is InChI=1S/C23H15N3O2S/c1-15(27)19(14-24)13-20-11-12-21(29-20)22-23(28-26-25-22)18-9-7-17(8-10-18)16-5-3-2-4-6-16/h2-13H,1H3/b19-13+. The van der Waals surface area contributed by atoms with Crippen LogP contribution in [0.25, 0.3) is 39.1 Å². The highest BCUT2D eigenvalue weighted by Crippen LogP contribution is 2.35. The van der Waals surface area contributed by atoms with Crippen molar-refractivity contribution in [1.29, 1.82) is 5.26 Å². The third-order valence-corrected chi connectivity index (χ3v) is 5.43. The Morgan fingerprint density at radius 3 is 2.38 bits per heavy atom. The van der Waals surface area contributed by atoms with Gasteiger partial charge in [-0.3, -0.25) is 4.79 Å². The maximum Gasteiger partial charge on any atom is 0.196 e. The van der Waals surface area contributed by atoms with Crippen molar-refractivity contribution in [3.8, 4) is 39.1 Å². The number of nitrogens with zero attached hydrogens (tertiary/aromatic N) is 3. The number of carbonyl (C=O) groups is 1. The van der Waals surface area contributed by atoms with Crippen LogP contribution in [0.15, 0.2) is 76.8 Å². The van der Waals surface area contributed by atoms with Crippen molar-refractivity contribution in [2.75, 3.05) is 0 Å². The Balaban J connectivity index is 1.65. The Kier molecular flexibility index (Phi) is 5.14. The molecule has 4 rings (SSSR count). The van der Waals surface area contributed by atoms with Crippen LogP contribution in [-0.4, -0.2) is 16.2 Å². The van der Waals surface area contributed by atoms with Gasteiger partial charge in [-0.2, -0.15) is 5.26 Å². The number of hydrogen-bond donors (Lipinski definition) is 0. The molecule has 4 aromatic rings. The van der Waals surface area contributed by atoms with Crippen molar-refractivity contribution in [1.82, 2.24) is 10.4 Å². The van der Waals surface area contributed by atoms with Gasteiger partial charge in [-0.15, -0.1) is 16.4 Å². The normalized spacial score (nSPS) is 11.2. The van der Waals surface area contributed by atoms with Crippen molar-refractivity contribution in [2.45, 2.75) is 6.92 Å². The van der Waals surface area contributed by atoms with E-state index in [1.54, 1.807) is 6.08 Å². The summed E-state index contributed by atoms with van der Waals surface area (Å²) >= 11 is 1.42. The highest BCUT2D eigenvalue weighted by molar-refractivity contribution is 7.16. The van der Waals surface area contributed by atoms with E-state index in [4.69, 9.17) is 9.78 Å². The Bertz CT molecular complexity index is 1230. The summed E-state index contributed by atoms with van der Waals surface area (Å²) < 4.78 is 5.42. The largest absolute Gasteiger partial charge is 0.336 e. The quantitative estimate of drug-likeness (QED) is 0.322. The highest BCUT2D eigenvalue weighted by atomic mass is 32.1. The van der Waals surface area contributed by atoms with E-state index in [2.05, 4.69) is 22.5 Å². The number of aromatic nitrogens is 2. The molecule has 0 fully saturated rings. The minimum absolute atomic E-state index is 0.119. The first-order valence-corrected chi connectivity index (χ1v) is 9.68. The average molecular weight is 397 g/mol. The molecule has 5 nitrogen and oxygen atoms in total. The minimum atomic E-state index is -0.259. The summed E-state index contributed by atoms with van der Waals surface area (Å²) in [7, 11) is 0. The third kappa shape index (κ3) is 3.91. The number of benzene rings is 2. The lowest BCUT2D eigenvalue weighted by Gasteiger charge is -2.03. The van der Waals surface area contributed by atoms with E-state index < -0.39 is 0 Å². The molecule has 0 aliphatic heterocycles. The van der Waals surface area contributed by atoms with E-state index in [-0.39, 0.29) is 11.4 Å². The van der Waals surface area contributed by atoms with E-state index >= 15 is 0 Å². The number of thiophene rings is 1. The van der Waals surface area contributed by atoms with Gasteiger partial charge in [-0.05, 0) is 36.3 Å². The number of rotatable bonds is 5. The number of Topliss-reactive ketones (excluding diaryl/α,β-unsaturated/α-hetero) is 1. The van der Waals surface area contributed by atoms with Gasteiger partial charge < -0.3 is 4.52 Å². The fraction of sp³-hybridized carbons (Fsp3) is 0.0435. The highest BCUT2D eigenvalue weighted by Gasteiger charge is 2.17. The van der Waals surface area contributed by atoms with Crippen LogP contribution in [0, 0.1) is 11.3 Å². The zero-order valence-electron chi connectivity index (χ0n) is 15.5. The predicted octanol–water partition coefficient (Wildman–Crippen LogP) is 5.63. The molecule has 2 heterocycles. The molecule has 2 aromatic heterocycles. The Hall–Kier alpha value is -3.82. The fourth-order valence-electron chi connectivity index (χ4n) is 2.90. The second kappa shape index (κ2) is 8.05. The van der Waals surface area contributed by atoms with Crippen molar-refractivity contribution in [2.24, 2.45) is 0 Å². The van der Waals surface area contributed by atoms with Crippen molar-refractivity contribution in [3.05, 3.63) is 77.2 Å². The lowest BCUT2D eigenvalue weighted by atomic mass is 10.0. The van der Waals surface area contributed by atoms with E-state index in [9.17, 15) is 4.79 Å². The average Bonchev–Trinajstić information content (AvgIpc) is 3.42. The smallest absolute Gasteiger partial charge is 0.196 e. The summed E-state index contributed by atoms with van der Waals surface area (Å²) in [6.45, 7) is 1.38. The monoisotopic (exact) mass is 397 g/mol. The zero-order valence-corrected chi connectivity index (χ0v) is 16.3. The summed E-state index contributed by atoms with van der Waals surface area (Å²) in [5, 5.41) is 16.9. The molecule has 0 saturated heterocycles. The molecule has 0 aliphatic rings. The van der Waals surface area contributed by atoms with Crippen LogP contribution in [0.1, 0.15) is 11.8 Å². The van der Waals surface area contributed by atoms with Gasteiger partial charge >= 0.3 is 0 Å². The van der Waals surface area contributed by atoms with Gasteiger partial charge in [0.15, 0.2) is 17.2 Å². The second-order valence-corrected chi connectivity index (χ2v) is 7.44. The maximum absolute atomic E-state index is 11.5. The molecule has 140 valence electrons. The number of allylic oxidation sites excluding steroid dienone is 1. The zero-order chi connectivity index (χ0) is 20.2. The number of nitriles is 1. The summed E-state index contributed by atoms with van der Waals surface area (Å²) in [5.74, 6) is 0.318. The molecule has 0 saturated carbocycles. The van der Waals surface area contributed by atoms with E-state index in [1.807, 2.05) is 60.7 Å². The summed E-state index contributed by atoms with van der Waals surface area (Å²) in [6.07, 6.45) is 1.58. The molecular formula is C23H15N3O2S. The fourth-order valence-corrected chi connectivity index (χ4v) is 3.83. The van der Waals surface area contributed by atoms with Crippen LogP contribution in [0.5, 0.6) is 0 Å². The molecular weight excluding hydrogens is 382 g/mol. The molecule has 0 amide bonds. The molecule has 0 radical (unpaired) electrons. The Labute approximate surface area is 171 Å². The summed E-state index contributed by atoms with van der Waals surface area (Å²) in [4.78, 5) is 13.1. The van der Waals surface area contributed by atoms with Gasteiger partial charge in [0.25, 0.3) is 0 Å². The summed E-state index contributed by atoms with van der Waals surface area (Å²) in [5.41, 5.74) is 3.87. The molecule has 0 spiro atoms. The molecule has 6 heteroatoms. The van der Waals surface area contributed by atoms with Gasteiger partial charge in [-0.1, -0.05) is 54.6 Å². The Morgan fingerprint density at radius 2 is 1.69 bits per heavy atom. The molecule has 0 atom stereocenters. The first-order chi connectivity index (χ1) is 14.2. The van der Waals surface area contributed by atoms with Crippen LogP contribution in [0.2, 0.25) is 0 Å². The number of ketones is 1. The summed E-state index contributed by atoms with van der Waals surface area (Å²) in [6, 6.07) is 23.8. The van der Waals surface area contributed by atoms with Gasteiger partial charge in [0, 0.05) is 15.7 Å². The van der Waals surface area contributed by atoms with E-state index in [0.29, 0.717) is 11.5 Å². The number of carbonyl (C=O) groups excluding carboxylic acids is 1. The molecule has 0 unspecified atom stereocenters. The molecule has 29 heavy (non-hydrogen) atoms. The van der Waals surface area contributed by atoms with Crippen LogP contribution < -0.4 is 0 Å². The van der Waals surface area contributed by atoms with Gasteiger partial charge in [0.2, 0.25) is 0 Å². The third-order valence-electron chi connectivity index (χ3n) is 4.39. The van der Waals surface area contributed by atoms with Crippen LogP contribution in [0.4, 0.5) is 0 Å². The maximum atomic E-state index is 11.5. The second-order valence-electron chi connectivity index (χ2n) is 6.32. The lowest BCUT2D eigenvalue weighted by molar-refractivity contribution is -0.113. The first-order valence-electron chi connectivity index (χ1n) is 8.87. The lowest BCUT2D eigenvalue weighted by Crippen LogP contribution is -1.91. The van der Waals surface area contributed by atoms with Crippen molar-refractivity contribution in [3.63, 3.8) is 0 Å². The van der Waals surface area contributed by atoms with Crippen LogP contribution in [0.3, 0.4) is 0 Å². The van der Waals surface area contributed by atoms with Gasteiger partial charge in [0.05, 0.1) is 10.5 Å². The number of hydrogen-bond acceptors (Lipinski definition) is 6. The SMILES string of the molecule is CC(=O)/C(C#N)=C/c1ccc(-c2nnoc2-c2ccc(-c3ccccc3)cc2)s1. The van der Waals surface area contributed by atoms with Crippen molar-refractivity contribution < 1.29 is 9.32 Å². The van der Waals surface area contributed by atoms with E-state index in [0.717, 1.165) is 26.4 Å². The van der Waals surface area contributed by atoms with Crippen LogP contribution >= 0.6 is 11.3 Å². The van der Waals surface area contributed by atoms with Crippen LogP contribution in [-0.2, 0) is 4.79 Å². The Morgan fingerprint density at radius 1 is 1.00 bits per heavy atom. The predicted molar refractivity (Wildman–Crippen MR) is 113 cm³/mol.